The zero-order valence-electron chi connectivity index (χ0n) is 13.0. The SMILES string of the molecule is CC(C)CN(CCN(C)C)S(=O)(=O)c1cc(N)ccc1F. The van der Waals surface area contributed by atoms with E-state index in [9.17, 15) is 12.8 Å². The molecule has 0 aromatic heterocycles. The van der Waals surface area contributed by atoms with Gasteiger partial charge in [-0.05, 0) is 38.2 Å². The minimum absolute atomic E-state index is 0.144. The van der Waals surface area contributed by atoms with Crippen molar-refractivity contribution in [1.82, 2.24) is 9.21 Å². The summed E-state index contributed by atoms with van der Waals surface area (Å²) in [6.07, 6.45) is 0. The Balaban J connectivity index is 3.16. The van der Waals surface area contributed by atoms with Crippen molar-refractivity contribution in [2.75, 3.05) is 39.5 Å². The summed E-state index contributed by atoms with van der Waals surface area (Å²) in [4.78, 5) is 1.53. The first-order valence-corrected chi connectivity index (χ1v) is 8.28. The standard InChI is InChI=1S/C14H24FN3O2S/c1-11(2)10-18(8-7-17(3)4)21(19,20)14-9-12(16)5-6-13(14)15/h5-6,9,11H,7-8,10,16H2,1-4H3. The van der Waals surface area contributed by atoms with E-state index in [2.05, 4.69) is 0 Å². The van der Waals surface area contributed by atoms with E-state index < -0.39 is 15.8 Å². The zero-order chi connectivity index (χ0) is 16.2. The minimum Gasteiger partial charge on any atom is -0.399 e. The molecule has 0 radical (unpaired) electrons. The molecule has 0 aliphatic carbocycles. The van der Waals surface area contributed by atoms with E-state index in [-0.39, 0.29) is 16.5 Å². The normalized spacial score (nSPS) is 12.6. The van der Waals surface area contributed by atoms with Gasteiger partial charge in [0, 0.05) is 25.3 Å². The molecule has 0 aliphatic rings. The molecule has 2 N–H and O–H groups in total. The van der Waals surface area contributed by atoms with Crippen LogP contribution in [0, 0.1) is 11.7 Å². The molecule has 7 heteroatoms. The number of sulfonamides is 1. The van der Waals surface area contributed by atoms with Gasteiger partial charge in [0.15, 0.2) is 0 Å². The van der Waals surface area contributed by atoms with Crippen LogP contribution in [0.4, 0.5) is 10.1 Å². The number of hydrogen-bond acceptors (Lipinski definition) is 4. The zero-order valence-corrected chi connectivity index (χ0v) is 13.8. The van der Waals surface area contributed by atoms with Crippen molar-refractivity contribution in [2.24, 2.45) is 5.92 Å². The molecule has 0 unspecified atom stereocenters. The van der Waals surface area contributed by atoms with Crippen molar-refractivity contribution in [3.63, 3.8) is 0 Å². The molecule has 5 nitrogen and oxygen atoms in total. The number of anilines is 1. The van der Waals surface area contributed by atoms with Crippen LogP contribution >= 0.6 is 0 Å². The van der Waals surface area contributed by atoms with E-state index in [4.69, 9.17) is 5.73 Å². The van der Waals surface area contributed by atoms with Gasteiger partial charge in [0.1, 0.15) is 10.7 Å². The predicted molar refractivity (Wildman–Crippen MR) is 83.0 cm³/mol. The first-order chi connectivity index (χ1) is 9.64. The quantitative estimate of drug-likeness (QED) is 0.776. The van der Waals surface area contributed by atoms with Crippen LogP contribution in [0.25, 0.3) is 0 Å². The van der Waals surface area contributed by atoms with Gasteiger partial charge in [0.25, 0.3) is 0 Å². The molecule has 0 spiro atoms. The average molecular weight is 317 g/mol. The molecule has 120 valence electrons. The number of nitrogen functional groups attached to an aromatic ring is 1. The van der Waals surface area contributed by atoms with Gasteiger partial charge in [-0.2, -0.15) is 4.31 Å². The fourth-order valence-electron chi connectivity index (χ4n) is 1.89. The maximum Gasteiger partial charge on any atom is 0.246 e. The summed E-state index contributed by atoms with van der Waals surface area (Å²) in [6.45, 7) is 5.06. The van der Waals surface area contributed by atoms with Crippen LogP contribution in [-0.2, 0) is 10.0 Å². The van der Waals surface area contributed by atoms with Gasteiger partial charge < -0.3 is 10.6 Å². The van der Waals surface area contributed by atoms with E-state index in [0.29, 0.717) is 19.6 Å². The molecule has 0 bridgehead atoms. The molecule has 0 amide bonds. The van der Waals surface area contributed by atoms with Crippen molar-refractivity contribution in [3.8, 4) is 0 Å². The van der Waals surface area contributed by atoms with E-state index in [1.807, 2.05) is 32.8 Å². The lowest BCUT2D eigenvalue weighted by Gasteiger charge is -2.25. The van der Waals surface area contributed by atoms with Gasteiger partial charge in [-0.3, -0.25) is 0 Å². The molecule has 1 aromatic rings. The highest BCUT2D eigenvalue weighted by molar-refractivity contribution is 7.89. The van der Waals surface area contributed by atoms with Crippen molar-refractivity contribution < 1.29 is 12.8 Å². The Kier molecular flexibility index (Phi) is 6.12. The Morgan fingerprint density at radius 2 is 1.86 bits per heavy atom. The van der Waals surface area contributed by atoms with Crippen LogP contribution in [0.2, 0.25) is 0 Å². The van der Waals surface area contributed by atoms with E-state index in [1.165, 1.54) is 16.4 Å². The number of nitrogens with zero attached hydrogens (tertiary/aromatic N) is 2. The molecule has 0 fully saturated rings. The average Bonchev–Trinajstić information content (AvgIpc) is 2.36. The summed E-state index contributed by atoms with van der Waals surface area (Å²) < 4.78 is 40.5. The van der Waals surface area contributed by atoms with Gasteiger partial charge in [0.05, 0.1) is 0 Å². The Labute approximate surface area is 126 Å². The molecule has 0 atom stereocenters. The highest BCUT2D eigenvalue weighted by Crippen LogP contribution is 2.22. The van der Waals surface area contributed by atoms with Crippen LogP contribution in [-0.4, -0.2) is 51.4 Å². The van der Waals surface area contributed by atoms with E-state index in [1.54, 1.807) is 0 Å². The summed E-state index contributed by atoms with van der Waals surface area (Å²) in [6, 6.07) is 3.61. The van der Waals surface area contributed by atoms with Gasteiger partial charge in [-0.15, -0.1) is 0 Å². The first kappa shape index (κ1) is 17.9. The first-order valence-electron chi connectivity index (χ1n) is 6.84. The van der Waals surface area contributed by atoms with Crippen LogP contribution in [0.1, 0.15) is 13.8 Å². The number of nitrogens with two attached hydrogens (primary N) is 1. The smallest absolute Gasteiger partial charge is 0.246 e. The number of rotatable bonds is 7. The molecule has 1 aromatic carbocycles. The molecule has 0 heterocycles. The van der Waals surface area contributed by atoms with Crippen molar-refractivity contribution >= 4 is 15.7 Å². The van der Waals surface area contributed by atoms with Gasteiger partial charge in [0.2, 0.25) is 10.0 Å². The molecular weight excluding hydrogens is 293 g/mol. The van der Waals surface area contributed by atoms with Crippen LogP contribution in [0.15, 0.2) is 23.1 Å². The summed E-state index contributed by atoms with van der Waals surface area (Å²) in [5, 5.41) is 0. The van der Waals surface area contributed by atoms with Crippen LogP contribution < -0.4 is 5.73 Å². The summed E-state index contributed by atoms with van der Waals surface area (Å²) in [5.74, 6) is -0.631. The van der Waals surface area contributed by atoms with Crippen LogP contribution in [0.5, 0.6) is 0 Å². The highest BCUT2D eigenvalue weighted by atomic mass is 32.2. The maximum absolute atomic E-state index is 13.9. The molecule has 21 heavy (non-hydrogen) atoms. The number of hydrogen-bond donors (Lipinski definition) is 1. The van der Waals surface area contributed by atoms with Crippen molar-refractivity contribution in [3.05, 3.63) is 24.0 Å². The number of likely N-dealkylation sites (N-methyl/N-ethyl adjacent to an activating group) is 1. The second-order valence-electron chi connectivity index (χ2n) is 5.75. The Morgan fingerprint density at radius 1 is 1.24 bits per heavy atom. The fraction of sp³-hybridized carbons (Fsp3) is 0.571. The highest BCUT2D eigenvalue weighted by Gasteiger charge is 2.28. The second-order valence-corrected chi connectivity index (χ2v) is 7.66. The lowest BCUT2D eigenvalue weighted by Crippen LogP contribution is -2.39. The predicted octanol–water partition coefficient (Wildman–Crippen LogP) is 1.62. The number of benzene rings is 1. The molecule has 0 aliphatic heterocycles. The van der Waals surface area contributed by atoms with Gasteiger partial charge >= 0.3 is 0 Å². The van der Waals surface area contributed by atoms with E-state index >= 15 is 0 Å². The molecule has 0 saturated carbocycles. The summed E-state index contributed by atoms with van der Waals surface area (Å²) >= 11 is 0. The topological polar surface area (TPSA) is 66.6 Å². The van der Waals surface area contributed by atoms with Crippen LogP contribution in [0.3, 0.4) is 0 Å². The Bertz CT molecular complexity index is 574. The second kappa shape index (κ2) is 7.20. The molecule has 0 saturated heterocycles. The maximum atomic E-state index is 13.9. The third-order valence-corrected chi connectivity index (χ3v) is 4.82. The van der Waals surface area contributed by atoms with Gasteiger partial charge in [-0.25, -0.2) is 12.8 Å². The summed E-state index contributed by atoms with van der Waals surface area (Å²) in [7, 11) is -0.169. The Morgan fingerprint density at radius 3 is 2.38 bits per heavy atom. The summed E-state index contributed by atoms with van der Waals surface area (Å²) in [5.41, 5.74) is 5.82. The van der Waals surface area contributed by atoms with Crippen molar-refractivity contribution in [1.29, 1.82) is 0 Å². The molecule has 1 rings (SSSR count). The fourth-order valence-corrected chi connectivity index (χ4v) is 3.58. The van der Waals surface area contributed by atoms with Crippen molar-refractivity contribution in [2.45, 2.75) is 18.7 Å². The largest absolute Gasteiger partial charge is 0.399 e. The third kappa shape index (κ3) is 4.94. The van der Waals surface area contributed by atoms with E-state index in [0.717, 1.165) is 6.07 Å². The monoisotopic (exact) mass is 317 g/mol. The lowest BCUT2D eigenvalue weighted by molar-refractivity contribution is 0.312. The van der Waals surface area contributed by atoms with Gasteiger partial charge in [-0.1, -0.05) is 13.8 Å². The number of halogens is 1. The third-order valence-electron chi connectivity index (χ3n) is 2.94. The lowest BCUT2D eigenvalue weighted by atomic mass is 10.2. The minimum atomic E-state index is -3.89. The Hall–Kier alpha value is -1.18. The molecular formula is C14H24FN3O2S.